The van der Waals surface area contributed by atoms with Gasteiger partial charge in [-0.05, 0) is 91.6 Å². The average Bonchev–Trinajstić information content (AvgIpc) is 3.65. The molecule has 1 saturated carbocycles. The lowest BCUT2D eigenvalue weighted by atomic mass is 9.70. The Morgan fingerprint density at radius 3 is 2.52 bits per heavy atom. The highest BCUT2D eigenvalue weighted by atomic mass is 16.4. The Morgan fingerprint density at radius 2 is 1.88 bits per heavy atom. The number of piperidine rings is 1. The summed E-state index contributed by atoms with van der Waals surface area (Å²) in [6.07, 6.45) is 9.41. The summed E-state index contributed by atoms with van der Waals surface area (Å²) in [4.78, 5) is 26.7. The molecule has 2 N–H and O–H groups in total. The third-order valence-corrected chi connectivity index (χ3v) is 10.3. The molecule has 1 spiro atoms. The number of carboxylic acid groups (broad SMARTS) is 1. The van der Waals surface area contributed by atoms with Crippen molar-refractivity contribution >= 4 is 17.6 Å². The van der Waals surface area contributed by atoms with E-state index in [4.69, 9.17) is 9.97 Å². The first-order chi connectivity index (χ1) is 19.1. The van der Waals surface area contributed by atoms with E-state index in [0.717, 1.165) is 76.8 Å². The molecule has 2 aliphatic carbocycles. The van der Waals surface area contributed by atoms with E-state index in [1.54, 1.807) is 11.2 Å². The van der Waals surface area contributed by atoms with Crippen molar-refractivity contribution in [3.8, 4) is 0 Å². The first-order valence-electron chi connectivity index (χ1n) is 15.6. The van der Waals surface area contributed by atoms with E-state index in [9.17, 15) is 9.90 Å². The summed E-state index contributed by atoms with van der Waals surface area (Å²) in [5.41, 5.74) is 7.58. The van der Waals surface area contributed by atoms with Crippen LogP contribution in [0.5, 0.6) is 0 Å². The molecule has 2 aromatic rings. The zero-order chi connectivity index (χ0) is 28.2. The molecular formula is C33H47N5O2. The molecule has 3 heterocycles. The average molecular weight is 546 g/mol. The summed E-state index contributed by atoms with van der Waals surface area (Å²) in [5.74, 6) is 2.09. The van der Waals surface area contributed by atoms with Gasteiger partial charge in [0.25, 0.3) is 0 Å². The largest absolute Gasteiger partial charge is 0.465 e. The molecule has 6 rings (SSSR count). The molecule has 40 heavy (non-hydrogen) atoms. The molecular weight excluding hydrogens is 498 g/mol. The van der Waals surface area contributed by atoms with E-state index in [1.807, 2.05) is 0 Å². The molecule has 7 nitrogen and oxygen atoms in total. The van der Waals surface area contributed by atoms with Crippen molar-refractivity contribution < 1.29 is 9.90 Å². The fraction of sp³-hybridized carbons (Fsp3) is 0.667. The number of aromatic nitrogens is 2. The minimum atomic E-state index is -0.785. The third-order valence-electron chi connectivity index (χ3n) is 10.3. The second kappa shape index (κ2) is 10.3. The quantitative estimate of drug-likeness (QED) is 0.438. The molecule has 1 atom stereocenters. The van der Waals surface area contributed by atoms with Crippen LogP contribution >= 0.6 is 0 Å². The van der Waals surface area contributed by atoms with Crippen molar-refractivity contribution in [3.63, 3.8) is 0 Å². The number of nitrogens with zero attached hydrogens (tertiary/aromatic N) is 4. The molecule has 1 saturated heterocycles. The Hall–Kier alpha value is -2.67. The molecule has 0 bridgehead atoms. The van der Waals surface area contributed by atoms with Gasteiger partial charge in [-0.15, -0.1) is 0 Å². The maximum Gasteiger partial charge on any atom is 0.407 e. The van der Waals surface area contributed by atoms with Crippen molar-refractivity contribution in [2.24, 2.45) is 5.92 Å². The van der Waals surface area contributed by atoms with Crippen LogP contribution in [0.2, 0.25) is 0 Å². The van der Waals surface area contributed by atoms with Crippen LogP contribution in [0.4, 0.5) is 16.3 Å². The van der Waals surface area contributed by atoms with Crippen LogP contribution in [0.15, 0.2) is 18.5 Å². The SMILES string of the molecule is CC(C)C1CCc2ncnc(N3CC4(CCNCC4)c4c3ccc(C(C)(C)C)c4CN(C(=O)O)C3CCCC3)c21. The van der Waals surface area contributed by atoms with Crippen molar-refractivity contribution in [2.75, 3.05) is 24.5 Å². The second-order valence-corrected chi connectivity index (χ2v) is 14.1. The minimum absolute atomic E-state index is 0.0270. The Balaban J connectivity index is 1.55. The Kier molecular flexibility index (Phi) is 7.09. The number of fused-ring (bicyclic) bond motifs is 3. The monoisotopic (exact) mass is 545 g/mol. The highest BCUT2D eigenvalue weighted by molar-refractivity contribution is 5.77. The summed E-state index contributed by atoms with van der Waals surface area (Å²) < 4.78 is 0. The number of amides is 1. The Morgan fingerprint density at radius 1 is 1.15 bits per heavy atom. The molecule has 2 fully saturated rings. The predicted molar refractivity (Wildman–Crippen MR) is 160 cm³/mol. The van der Waals surface area contributed by atoms with Gasteiger partial charge in [-0.2, -0.15) is 0 Å². The Labute approximate surface area is 239 Å². The number of carbonyl (C=O) groups is 1. The molecule has 4 aliphatic rings. The maximum atomic E-state index is 12.7. The number of aryl methyl sites for hydroxylation is 1. The molecule has 2 aliphatic heterocycles. The molecule has 1 unspecified atom stereocenters. The summed E-state index contributed by atoms with van der Waals surface area (Å²) in [6.45, 7) is 14.8. The number of rotatable bonds is 5. The van der Waals surface area contributed by atoms with Gasteiger partial charge in [0.1, 0.15) is 12.1 Å². The maximum absolute atomic E-state index is 12.7. The van der Waals surface area contributed by atoms with Crippen molar-refractivity contribution in [2.45, 2.75) is 115 Å². The van der Waals surface area contributed by atoms with Gasteiger partial charge in [0.05, 0.1) is 0 Å². The molecule has 7 heteroatoms. The van der Waals surface area contributed by atoms with Gasteiger partial charge in [-0.25, -0.2) is 14.8 Å². The van der Waals surface area contributed by atoms with Crippen LogP contribution in [0, 0.1) is 5.92 Å². The predicted octanol–water partition coefficient (Wildman–Crippen LogP) is 6.66. The van der Waals surface area contributed by atoms with Gasteiger partial charge < -0.3 is 20.2 Å². The number of anilines is 2. The third kappa shape index (κ3) is 4.58. The number of benzene rings is 1. The van der Waals surface area contributed by atoms with E-state index in [2.05, 4.69) is 57.0 Å². The fourth-order valence-electron chi connectivity index (χ4n) is 8.35. The highest BCUT2D eigenvalue weighted by Gasteiger charge is 2.48. The molecule has 216 valence electrons. The highest BCUT2D eigenvalue weighted by Crippen LogP contribution is 2.54. The van der Waals surface area contributed by atoms with Crippen LogP contribution in [0.3, 0.4) is 0 Å². The number of hydrogen-bond donors (Lipinski definition) is 2. The van der Waals surface area contributed by atoms with E-state index in [0.29, 0.717) is 18.4 Å². The summed E-state index contributed by atoms with van der Waals surface area (Å²) in [6, 6.07) is 4.72. The number of nitrogens with one attached hydrogen (secondary N) is 1. The summed E-state index contributed by atoms with van der Waals surface area (Å²) in [7, 11) is 0. The summed E-state index contributed by atoms with van der Waals surface area (Å²) >= 11 is 0. The molecule has 0 radical (unpaired) electrons. The number of hydrogen-bond acceptors (Lipinski definition) is 5. The molecule has 1 aromatic heterocycles. The smallest absolute Gasteiger partial charge is 0.407 e. The normalized spacial score (nSPS) is 22.2. The van der Waals surface area contributed by atoms with E-state index in [1.165, 1.54) is 33.6 Å². The van der Waals surface area contributed by atoms with Crippen LogP contribution < -0.4 is 10.2 Å². The Bertz CT molecular complexity index is 1270. The van der Waals surface area contributed by atoms with E-state index in [-0.39, 0.29) is 16.9 Å². The van der Waals surface area contributed by atoms with Crippen LogP contribution in [-0.2, 0) is 23.8 Å². The van der Waals surface area contributed by atoms with E-state index >= 15 is 0 Å². The minimum Gasteiger partial charge on any atom is -0.465 e. The standard InChI is InChI=1S/C33H47N5O2/c1-21(2)23-10-12-26-28(23)30(36-20-35-26)38-19-33(14-16-34-17-15-33)29-24(25(32(3,4)5)11-13-27(29)38)18-37(31(39)40)22-8-6-7-9-22/h11,13,20-23,34H,6-10,12,14-19H2,1-5H3,(H,39,40). The van der Waals surface area contributed by atoms with Crippen molar-refractivity contribution in [1.29, 1.82) is 0 Å². The first kappa shape index (κ1) is 27.5. The topological polar surface area (TPSA) is 81.6 Å². The van der Waals surface area contributed by atoms with Gasteiger partial charge in [-0.3, -0.25) is 0 Å². The zero-order valence-electron chi connectivity index (χ0n) is 25.1. The molecule has 1 amide bonds. The van der Waals surface area contributed by atoms with Gasteiger partial charge >= 0.3 is 6.09 Å². The van der Waals surface area contributed by atoms with Crippen LogP contribution in [0.1, 0.15) is 113 Å². The lowest BCUT2D eigenvalue weighted by Gasteiger charge is -2.38. The summed E-state index contributed by atoms with van der Waals surface area (Å²) in [5, 5.41) is 14.0. The van der Waals surface area contributed by atoms with Gasteiger partial charge in [0.2, 0.25) is 0 Å². The van der Waals surface area contributed by atoms with Crippen LogP contribution in [0.25, 0.3) is 0 Å². The zero-order valence-corrected chi connectivity index (χ0v) is 25.1. The lowest BCUT2D eigenvalue weighted by molar-refractivity contribution is 0.120. The van der Waals surface area contributed by atoms with Gasteiger partial charge in [0.15, 0.2) is 0 Å². The van der Waals surface area contributed by atoms with E-state index < -0.39 is 6.09 Å². The van der Waals surface area contributed by atoms with Crippen LogP contribution in [-0.4, -0.2) is 51.7 Å². The second-order valence-electron chi connectivity index (χ2n) is 14.1. The van der Waals surface area contributed by atoms with Crippen molar-refractivity contribution in [3.05, 3.63) is 46.4 Å². The van der Waals surface area contributed by atoms with Crippen molar-refractivity contribution in [1.82, 2.24) is 20.2 Å². The van der Waals surface area contributed by atoms with Gasteiger partial charge in [0, 0.05) is 41.5 Å². The first-order valence-corrected chi connectivity index (χ1v) is 15.6. The fourth-order valence-corrected chi connectivity index (χ4v) is 8.35. The van der Waals surface area contributed by atoms with Gasteiger partial charge in [-0.1, -0.05) is 53.5 Å². The lowest BCUT2D eigenvalue weighted by Crippen LogP contribution is -2.44. The molecule has 1 aromatic carbocycles.